The predicted octanol–water partition coefficient (Wildman–Crippen LogP) is 2.71. The van der Waals surface area contributed by atoms with E-state index in [0.29, 0.717) is 6.07 Å². The van der Waals surface area contributed by atoms with Gasteiger partial charge in [-0.1, -0.05) is 13.8 Å². The van der Waals surface area contributed by atoms with E-state index in [0.717, 1.165) is 12.1 Å². The Morgan fingerprint density at radius 2 is 1.76 bits per heavy atom. The van der Waals surface area contributed by atoms with Crippen LogP contribution in [0, 0.1) is 17.6 Å². The van der Waals surface area contributed by atoms with E-state index in [1.807, 2.05) is 0 Å². The van der Waals surface area contributed by atoms with Crippen LogP contribution >= 0.6 is 0 Å². The molecule has 1 atom stereocenters. The second kappa shape index (κ2) is 5.12. The van der Waals surface area contributed by atoms with E-state index in [2.05, 4.69) is 0 Å². The number of hydrogen-bond acceptors (Lipinski definition) is 2. The van der Waals surface area contributed by atoms with Gasteiger partial charge in [-0.15, -0.1) is 0 Å². The van der Waals surface area contributed by atoms with Crippen molar-refractivity contribution in [1.29, 1.82) is 0 Å². The molecule has 0 radical (unpaired) electrons. The van der Waals surface area contributed by atoms with Gasteiger partial charge in [0.1, 0.15) is 11.6 Å². The summed E-state index contributed by atoms with van der Waals surface area (Å²) in [5.41, 5.74) is -0.744. The zero-order valence-electron chi connectivity index (χ0n) is 9.34. The van der Waals surface area contributed by atoms with Gasteiger partial charge in [-0.05, 0) is 18.2 Å². The van der Waals surface area contributed by atoms with Gasteiger partial charge in [0.2, 0.25) is 12.0 Å². The summed E-state index contributed by atoms with van der Waals surface area (Å²) in [6.07, 6.45) is -2.45. The van der Waals surface area contributed by atoms with Crippen LogP contribution in [0.3, 0.4) is 0 Å². The minimum atomic E-state index is -2.45. The van der Waals surface area contributed by atoms with Crippen molar-refractivity contribution in [1.82, 2.24) is 0 Å². The molecule has 0 aliphatic carbocycles. The number of ketones is 2. The third-order valence-electron chi connectivity index (χ3n) is 2.24. The number of halogens is 3. The Labute approximate surface area is 96.4 Å². The molecule has 0 aliphatic heterocycles. The monoisotopic (exact) mass is 244 g/mol. The van der Waals surface area contributed by atoms with Crippen LogP contribution in [0.5, 0.6) is 0 Å². The number of carbonyl (C=O) groups is 2. The molecule has 0 spiro atoms. The van der Waals surface area contributed by atoms with Gasteiger partial charge in [0.05, 0.1) is 5.56 Å². The number of rotatable bonds is 4. The zero-order valence-corrected chi connectivity index (χ0v) is 9.34. The molecule has 1 rings (SSSR count). The third-order valence-corrected chi connectivity index (χ3v) is 2.24. The van der Waals surface area contributed by atoms with Crippen molar-refractivity contribution in [3.8, 4) is 0 Å². The molecule has 0 N–H and O–H groups in total. The molecule has 0 amide bonds. The molecule has 1 aromatic rings. The molecular weight excluding hydrogens is 233 g/mol. The fraction of sp³-hybridized carbons (Fsp3) is 0.333. The number of carbonyl (C=O) groups excluding carboxylic acids is 2. The highest BCUT2D eigenvalue weighted by atomic mass is 19.1. The van der Waals surface area contributed by atoms with Crippen molar-refractivity contribution >= 4 is 11.6 Å². The van der Waals surface area contributed by atoms with Crippen LogP contribution in [0.2, 0.25) is 0 Å². The summed E-state index contributed by atoms with van der Waals surface area (Å²) in [4.78, 5) is 22.7. The summed E-state index contributed by atoms with van der Waals surface area (Å²) in [6.45, 7) is 2.84. The van der Waals surface area contributed by atoms with Gasteiger partial charge < -0.3 is 0 Å². The van der Waals surface area contributed by atoms with Crippen LogP contribution in [0.1, 0.15) is 24.2 Å². The SMILES string of the molecule is CC(C)C(=O)C(F)C(=O)c1cc(F)ccc1F. The van der Waals surface area contributed by atoms with E-state index in [1.165, 1.54) is 13.8 Å². The van der Waals surface area contributed by atoms with Gasteiger partial charge in [0.25, 0.3) is 0 Å². The summed E-state index contributed by atoms with van der Waals surface area (Å²) < 4.78 is 39.4. The fourth-order valence-electron chi connectivity index (χ4n) is 1.24. The molecule has 0 aliphatic rings. The van der Waals surface area contributed by atoms with Crippen LogP contribution < -0.4 is 0 Å². The van der Waals surface area contributed by atoms with E-state index in [-0.39, 0.29) is 0 Å². The van der Waals surface area contributed by atoms with Crippen LogP contribution in [0.4, 0.5) is 13.2 Å². The van der Waals surface area contributed by atoms with Crippen molar-refractivity contribution < 1.29 is 22.8 Å². The highest BCUT2D eigenvalue weighted by Crippen LogP contribution is 2.15. The van der Waals surface area contributed by atoms with Crippen molar-refractivity contribution in [2.24, 2.45) is 5.92 Å². The van der Waals surface area contributed by atoms with Gasteiger partial charge in [0, 0.05) is 5.92 Å². The molecule has 0 fully saturated rings. The summed E-state index contributed by atoms with van der Waals surface area (Å²) in [6, 6.07) is 2.11. The molecule has 92 valence electrons. The first-order chi connectivity index (χ1) is 7.84. The highest BCUT2D eigenvalue weighted by Gasteiger charge is 2.30. The molecule has 1 aromatic carbocycles. The lowest BCUT2D eigenvalue weighted by Crippen LogP contribution is -2.30. The van der Waals surface area contributed by atoms with Gasteiger partial charge in [-0.25, -0.2) is 13.2 Å². The van der Waals surface area contributed by atoms with Crippen molar-refractivity contribution in [3.63, 3.8) is 0 Å². The summed E-state index contributed by atoms with van der Waals surface area (Å²) in [5.74, 6) is -4.89. The number of hydrogen-bond donors (Lipinski definition) is 0. The lowest BCUT2D eigenvalue weighted by atomic mass is 9.98. The molecule has 5 heteroatoms. The molecule has 0 saturated heterocycles. The highest BCUT2D eigenvalue weighted by molar-refractivity contribution is 6.13. The molecule has 17 heavy (non-hydrogen) atoms. The smallest absolute Gasteiger partial charge is 0.221 e. The summed E-state index contributed by atoms with van der Waals surface area (Å²) in [7, 11) is 0. The zero-order chi connectivity index (χ0) is 13.2. The Balaban J connectivity index is 3.04. The van der Waals surface area contributed by atoms with Gasteiger partial charge in [0.15, 0.2) is 5.78 Å². The van der Waals surface area contributed by atoms with Gasteiger partial charge >= 0.3 is 0 Å². The van der Waals surface area contributed by atoms with Crippen molar-refractivity contribution in [3.05, 3.63) is 35.4 Å². The number of benzene rings is 1. The Bertz CT molecular complexity index is 455. The van der Waals surface area contributed by atoms with E-state index in [4.69, 9.17) is 0 Å². The second-order valence-electron chi connectivity index (χ2n) is 3.91. The maximum absolute atomic E-state index is 13.4. The lowest BCUT2D eigenvalue weighted by Gasteiger charge is -2.09. The Morgan fingerprint density at radius 1 is 1.18 bits per heavy atom. The molecular formula is C12H11F3O2. The quantitative estimate of drug-likeness (QED) is 0.602. The average Bonchev–Trinajstić information content (AvgIpc) is 2.29. The van der Waals surface area contributed by atoms with Gasteiger partial charge in [-0.2, -0.15) is 0 Å². The van der Waals surface area contributed by atoms with E-state index < -0.39 is 40.9 Å². The topological polar surface area (TPSA) is 34.1 Å². The van der Waals surface area contributed by atoms with Crippen LogP contribution in [-0.4, -0.2) is 17.7 Å². The van der Waals surface area contributed by atoms with Crippen molar-refractivity contribution in [2.75, 3.05) is 0 Å². The first kappa shape index (κ1) is 13.4. The number of Topliss-reactive ketones (excluding diaryl/α,β-unsaturated/α-hetero) is 2. The molecule has 0 aromatic heterocycles. The standard InChI is InChI=1S/C12H11F3O2/c1-6(2)11(16)10(15)12(17)8-5-7(13)3-4-9(8)14/h3-6,10H,1-2H3. The van der Waals surface area contributed by atoms with Crippen molar-refractivity contribution in [2.45, 2.75) is 20.0 Å². The maximum atomic E-state index is 13.4. The van der Waals surface area contributed by atoms with E-state index in [1.54, 1.807) is 0 Å². The minimum absolute atomic E-state index is 0.581. The van der Waals surface area contributed by atoms with E-state index >= 15 is 0 Å². The summed E-state index contributed by atoms with van der Waals surface area (Å²) >= 11 is 0. The van der Waals surface area contributed by atoms with Gasteiger partial charge in [-0.3, -0.25) is 9.59 Å². The third kappa shape index (κ3) is 2.93. The molecule has 2 nitrogen and oxygen atoms in total. The summed E-state index contributed by atoms with van der Waals surface area (Å²) in [5, 5.41) is 0. The first-order valence-electron chi connectivity index (χ1n) is 5.01. The van der Waals surface area contributed by atoms with Crippen LogP contribution in [0.25, 0.3) is 0 Å². The Hall–Kier alpha value is -1.65. The van der Waals surface area contributed by atoms with Crippen LogP contribution in [0.15, 0.2) is 18.2 Å². The van der Waals surface area contributed by atoms with Crippen LogP contribution in [-0.2, 0) is 4.79 Å². The Kier molecular flexibility index (Phi) is 4.04. The fourth-order valence-corrected chi connectivity index (χ4v) is 1.24. The molecule has 0 saturated carbocycles. The normalized spacial score (nSPS) is 12.6. The largest absolute Gasteiger partial charge is 0.296 e. The minimum Gasteiger partial charge on any atom is -0.296 e. The van der Waals surface area contributed by atoms with E-state index in [9.17, 15) is 22.8 Å². The predicted molar refractivity (Wildman–Crippen MR) is 55.4 cm³/mol. The Morgan fingerprint density at radius 3 is 2.29 bits per heavy atom. The average molecular weight is 244 g/mol. The first-order valence-corrected chi connectivity index (χ1v) is 5.01. The molecule has 1 unspecified atom stereocenters. The maximum Gasteiger partial charge on any atom is 0.221 e. The number of alkyl halides is 1. The molecule has 0 bridgehead atoms. The second-order valence-corrected chi connectivity index (χ2v) is 3.91. The molecule has 0 heterocycles. The lowest BCUT2D eigenvalue weighted by molar-refractivity contribution is -0.125.